The van der Waals surface area contributed by atoms with Gasteiger partial charge >= 0.3 is 11.6 Å². The average Bonchev–Trinajstić information content (AvgIpc) is 2.55. The van der Waals surface area contributed by atoms with Crippen molar-refractivity contribution >= 4 is 16.9 Å². The van der Waals surface area contributed by atoms with Gasteiger partial charge in [-0.25, -0.2) is 9.59 Å². The van der Waals surface area contributed by atoms with Gasteiger partial charge in [0.15, 0.2) is 12.4 Å². The molecular weight excluding hydrogens is 336 g/mol. The Morgan fingerprint density at radius 2 is 1.80 bits per heavy atom. The number of carbonyl (C=O) groups is 1. The zero-order valence-electron chi connectivity index (χ0n) is 13.0. The summed E-state index contributed by atoms with van der Waals surface area (Å²) in [6.45, 7) is 1.73. The number of aryl methyl sites for hydroxylation is 1. The van der Waals surface area contributed by atoms with E-state index < -0.39 is 42.3 Å². The molecule has 1 saturated heterocycles. The van der Waals surface area contributed by atoms with Crippen LogP contribution in [0, 0.1) is 6.92 Å². The van der Waals surface area contributed by atoms with Crippen molar-refractivity contribution in [3.63, 3.8) is 0 Å². The van der Waals surface area contributed by atoms with Crippen LogP contribution in [0.5, 0.6) is 5.75 Å². The number of benzene rings is 1. The summed E-state index contributed by atoms with van der Waals surface area (Å²) in [5, 5.41) is 38.9. The lowest BCUT2D eigenvalue weighted by Crippen LogP contribution is -2.60. The van der Waals surface area contributed by atoms with E-state index in [4.69, 9.17) is 13.9 Å². The molecule has 1 aliphatic heterocycles. The number of rotatable bonds is 2. The predicted octanol–water partition coefficient (Wildman–Crippen LogP) is -1.19. The van der Waals surface area contributed by atoms with Gasteiger partial charge in [0.05, 0.1) is 0 Å². The minimum atomic E-state index is -1.85. The molecule has 5 atom stereocenters. The van der Waals surface area contributed by atoms with Crippen molar-refractivity contribution in [3.05, 3.63) is 40.2 Å². The smallest absolute Gasteiger partial charge is 0.343 e. The van der Waals surface area contributed by atoms with Gasteiger partial charge in [-0.15, -0.1) is 0 Å². The molecule has 0 bridgehead atoms. The number of hydrogen-bond acceptors (Lipinski definition) is 9. The molecule has 0 aliphatic carbocycles. The minimum Gasteiger partial charge on any atom is -0.424 e. The highest BCUT2D eigenvalue weighted by atomic mass is 16.7. The van der Waals surface area contributed by atoms with Crippen LogP contribution in [-0.2, 0) is 9.53 Å². The standard InChI is InChI=1S/C16H16O9/c1-6-4-10(17)24-9-5-7(2-3-8(6)9)23-16(22)14-12(19)11(18)13(20)15(21)25-14/h2-5,11-15,18-21H,1H3/t11-,12-,13+,14-,15+/m0/s1. The second-order valence-electron chi connectivity index (χ2n) is 5.75. The van der Waals surface area contributed by atoms with E-state index in [0.29, 0.717) is 10.9 Å². The lowest BCUT2D eigenvalue weighted by Gasteiger charge is -2.36. The third-order valence-corrected chi connectivity index (χ3v) is 3.96. The van der Waals surface area contributed by atoms with E-state index in [1.54, 1.807) is 13.0 Å². The van der Waals surface area contributed by atoms with Gasteiger partial charge in [0, 0.05) is 17.5 Å². The third-order valence-electron chi connectivity index (χ3n) is 3.96. The summed E-state index contributed by atoms with van der Waals surface area (Å²) in [5.74, 6) is -1.08. The summed E-state index contributed by atoms with van der Waals surface area (Å²) in [6, 6.07) is 5.68. The van der Waals surface area contributed by atoms with E-state index >= 15 is 0 Å². The fourth-order valence-electron chi connectivity index (χ4n) is 2.60. The summed E-state index contributed by atoms with van der Waals surface area (Å²) in [4.78, 5) is 23.6. The maximum absolute atomic E-state index is 12.1. The van der Waals surface area contributed by atoms with Gasteiger partial charge in [0.25, 0.3) is 0 Å². The van der Waals surface area contributed by atoms with Gasteiger partial charge in [-0.2, -0.15) is 0 Å². The minimum absolute atomic E-state index is 0.0113. The van der Waals surface area contributed by atoms with Crippen LogP contribution in [0.3, 0.4) is 0 Å². The molecule has 3 rings (SSSR count). The number of aliphatic hydroxyl groups is 4. The van der Waals surface area contributed by atoms with Crippen molar-refractivity contribution in [3.8, 4) is 5.75 Å². The molecular formula is C16H16O9. The third kappa shape index (κ3) is 3.28. The van der Waals surface area contributed by atoms with Gasteiger partial charge in [-0.3, -0.25) is 0 Å². The second-order valence-corrected chi connectivity index (χ2v) is 5.75. The van der Waals surface area contributed by atoms with Crippen LogP contribution in [0.1, 0.15) is 5.56 Å². The molecule has 0 spiro atoms. The largest absolute Gasteiger partial charge is 0.424 e. The Kier molecular flexibility index (Phi) is 4.58. The fraction of sp³-hybridized carbons (Fsp3) is 0.375. The van der Waals surface area contributed by atoms with E-state index in [2.05, 4.69) is 0 Å². The topological polar surface area (TPSA) is 147 Å². The molecule has 2 heterocycles. The van der Waals surface area contributed by atoms with Crippen LogP contribution in [0.25, 0.3) is 11.0 Å². The Bertz CT molecular complexity index is 858. The Hall–Kier alpha value is -2.30. The van der Waals surface area contributed by atoms with Gasteiger partial charge < -0.3 is 34.3 Å². The van der Waals surface area contributed by atoms with Gasteiger partial charge in [0.1, 0.15) is 29.6 Å². The van der Waals surface area contributed by atoms with Gasteiger partial charge in [-0.05, 0) is 24.6 Å². The van der Waals surface area contributed by atoms with Crippen LogP contribution >= 0.6 is 0 Å². The number of ether oxygens (including phenoxy) is 2. The summed E-state index contributed by atoms with van der Waals surface area (Å²) >= 11 is 0. The molecule has 1 aliphatic rings. The molecule has 0 saturated carbocycles. The van der Waals surface area contributed by atoms with E-state index in [0.717, 1.165) is 0 Å². The first-order valence-corrected chi connectivity index (χ1v) is 7.42. The monoisotopic (exact) mass is 352 g/mol. The highest BCUT2D eigenvalue weighted by molar-refractivity contribution is 5.83. The van der Waals surface area contributed by atoms with E-state index in [-0.39, 0.29) is 11.3 Å². The zero-order valence-corrected chi connectivity index (χ0v) is 13.0. The summed E-state index contributed by atoms with van der Waals surface area (Å²) < 4.78 is 14.9. The number of fused-ring (bicyclic) bond motifs is 1. The highest BCUT2D eigenvalue weighted by Crippen LogP contribution is 2.25. The van der Waals surface area contributed by atoms with Crippen LogP contribution in [0.4, 0.5) is 0 Å². The van der Waals surface area contributed by atoms with Crippen molar-refractivity contribution in [1.29, 1.82) is 0 Å². The lowest BCUT2D eigenvalue weighted by atomic mass is 9.99. The van der Waals surface area contributed by atoms with E-state index in [9.17, 15) is 30.0 Å². The van der Waals surface area contributed by atoms with Crippen LogP contribution in [-0.4, -0.2) is 57.1 Å². The van der Waals surface area contributed by atoms with Crippen LogP contribution in [0.15, 0.2) is 33.5 Å². The molecule has 9 nitrogen and oxygen atoms in total. The number of aliphatic hydroxyl groups excluding tert-OH is 4. The molecule has 0 radical (unpaired) electrons. The summed E-state index contributed by atoms with van der Waals surface area (Å²) in [6.07, 6.45) is -8.87. The molecule has 2 aromatic rings. The Balaban J connectivity index is 1.83. The van der Waals surface area contributed by atoms with E-state index in [1.807, 2.05) is 0 Å². The molecule has 25 heavy (non-hydrogen) atoms. The molecule has 134 valence electrons. The summed E-state index contributed by atoms with van der Waals surface area (Å²) in [7, 11) is 0. The quantitative estimate of drug-likeness (QED) is 0.297. The molecule has 9 heteroatoms. The highest BCUT2D eigenvalue weighted by Gasteiger charge is 2.47. The summed E-state index contributed by atoms with van der Waals surface area (Å²) in [5.41, 5.74) is 0.339. The molecule has 1 fully saturated rings. The lowest BCUT2D eigenvalue weighted by molar-refractivity contribution is -0.279. The normalized spacial score (nSPS) is 29.6. The first-order valence-electron chi connectivity index (χ1n) is 7.42. The SMILES string of the molecule is Cc1cc(=O)oc2cc(OC(=O)[C@H]3O[C@@H](O)[C@H](O)[C@@H](O)[C@@H]3O)ccc12. The maximum Gasteiger partial charge on any atom is 0.343 e. The van der Waals surface area contributed by atoms with Crippen molar-refractivity contribution in [2.75, 3.05) is 0 Å². The van der Waals surface area contributed by atoms with Crippen LogP contribution in [0.2, 0.25) is 0 Å². The van der Waals surface area contributed by atoms with Gasteiger partial charge in [0.2, 0.25) is 0 Å². The van der Waals surface area contributed by atoms with Crippen molar-refractivity contribution < 1.29 is 39.1 Å². The molecule has 0 unspecified atom stereocenters. The number of hydrogen-bond donors (Lipinski definition) is 4. The predicted molar refractivity (Wildman–Crippen MR) is 81.8 cm³/mol. The van der Waals surface area contributed by atoms with Crippen molar-refractivity contribution in [2.24, 2.45) is 0 Å². The molecule has 0 amide bonds. The van der Waals surface area contributed by atoms with Crippen LogP contribution < -0.4 is 10.4 Å². The Morgan fingerprint density at radius 3 is 2.52 bits per heavy atom. The molecule has 4 N–H and O–H groups in total. The maximum atomic E-state index is 12.1. The Morgan fingerprint density at radius 1 is 1.08 bits per heavy atom. The average molecular weight is 352 g/mol. The molecule has 1 aromatic heterocycles. The van der Waals surface area contributed by atoms with Crippen molar-refractivity contribution in [1.82, 2.24) is 0 Å². The molecule has 1 aromatic carbocycles. The second kappa shape index (κ2) is 6.54. The Labute approximate surface area is 140 Å². The van der Waals surface area contributed by atoms with E-state index in [1.165, 1.54) is 18.2 Å². The number of esters is 1. The zero-order chi connectivity index (χ0) is 18.3. The first kappa shape index (κ1) is 17.5. The number of carbonyl (C=O) groups excluding carboxylic acids is 1. The van der Waals surface area contributed by atoms with Gasteiger partial charge in [-0.1, -0.05) is 0 Å². The fourth-order valence-corrected chi connectivity index (χ4v) is 2.60. The van der Waals surface area contributed by atoms with Crippen molar-refractivity contribution in [2.45, 2.75) is 37.6 Å². The first-order chi connectivity index (χ1) is 11.8.